The van der Waals surface area contributed by atoms with Crippen molar-refractivity contribution in [3.05, 3.63) is 47.5 Å². The molecular weight excluding hydrogens is 491 g/mol. The highest BCUT2D eigenvalue weighted by Gasteiger charge is 2.32. The molecule has 0 saturated heterocycles. The molecule has 0 amide bonds. The summed E-state index contributed by atoms with van der Waals surface area (Å²) in [6.45, 7) is 3.13. The Morgan fingerprint density at radius 1 is 1.09 bits per heavy atom. The highest BCUT2D eigenvalue weighted by molar-refractivity contribution is 7.92. The number of carbonyl (C=O) groups excluding carboxylic acids is 1. The van der Waals surface area contributed by atoms with E-state index >= 15 is 0 Å². The Morgan fingerprint density at radius 3 is 2.43 bits per heavy atom. The second-order valence-electron chi connectivity index (χ2n) is 7.76. The summed E-state index contributed by atoms with van der Waals surface area (Å²) in [7, 11) is -3.03. The van der Waals surface area contributed by atoms with Crippen LogP contribution in [0.2, 0.25) is 0 Å². The number of hydrogen-bond acceptors (Lipinski definition) is 7. The highest BCUT2D eigenvalue weighted by atomic mass is 32.2. The average Bonchev–Trinajstić information content (AvgIpc) is 2.80. The van der Waals surface area contributed by atoms with E-state index in [0.717, 1.165) is 18.2 Å². The molecule has 12 heteroatoms. The lowest BCUT2D eigenvalue weighted by Crippen LogP contribution is -2.36. The van der Waals surface area contributed by atoms with Crippen LogP contribution in [-0.2, 0) is 30.5 Å². The fourth-order valence-corrected chi connectivity index (χ4v) is 4.05. The Morgan fingerprint density at radius 2 is 1.77 bits per heavy atom. The lowest BCUT2D eigenvalue weighted by Gasteiger charge is -2.20. The van der Waals surface area contributed by atoms with Crippen molar-refractivity contribution in [1.29, 1.82) is 0 Å². The first-order valence-corrected chi connectivity index (χ1v) is 11.7. The minimum Gasteiger partial charge on any atom is -0.486 e. The van der Waals surface area contributed by atoms with Gasteiger partial charge in [0.25, 0.3) is 10.0 Å². The number of benzene rings is 2. The summed E-state index contributed by atoms with van der Waals surface area (Å²) in [6, 6.07) is 6.41. The second-order valence-corrected chi connectivity index (χ2v) is 9.44. The topological polar surface area (TPSA) is 100 Å². The van der Waals surface area contributed by atoms with Gasteiger partial charge in [-0.05, 0) is 44.2 Å². The van der Waals surface area contributed by atoms with E-state index in [2.05, 4.69) is 21.3 Å². The normalized spacial score (nSPS) is 13.4. The highest BCUT2D eigenvalue weighted by Crippen LogP contribution is 2.34. The van der Waals surface area contributed by atoms with Crippen LogP contribution in [-0.4, -0.2) is 46.9 Å². The third kappa shape index (κ3) is 6.37. The Balaban J connectivity index is 1.90. The molecule has 0 saturated carbocycles. The predicted octanol–water partition coefficient (Wildman–Crippen LogP) is 3.60. The molecule has 0 spiro atoms. The van der Waals surface area contributed by atoms with Crippen LogP contribution in [0.25, 0.3) is 0 Å². The van der Waals surface area contributed by atoms with Gasteiger partial charge in [0.15, 0.2) is 17.1 Å². The average molecular weight is 513 g/mol. The molecule has 0 aromatic heterocycles. The zero-order chi connectivity index (χ0) is 25.9. The van der Waals surface area contributed by atoms with Gasteiger partial charge in [-0.3, -0.25) is 4.72 Å². The van der Waals surface area contributed by atoms with Crippen molar-refractivity contribution in [2.24, 2.45) is 0 Å². The van der Waals surface area contributed by atoms with Crippen LogP contribution >= 0.6 is 0 Å². The van der Waals surface area contributed by atoms with E-state index in [0.29, 0.717) is 12.4 Å². The molecule has 1 heterocycles. The summed E-state index contributed by atoms with van der Waals surface area (Å²) in [6.07, 6.45) is -4.67. The number of rotatable bonds is 6. The van der Waals surface area contributed by atoms with Crippen LogP contribution in [0.5, 0.6) is 11.5 Å². The molecule has 188 valence electrons. The molecule has 0 radical (unpaired) electrons. The number of fused-ring (bicyclic) bond motifs is 1. The number of carbonyl (C=O) groups is 1. The van der Waals surface area contributed by atoms with Gasteiger partial charge in [-0.25, -0.2) is 13.2 Å². The van der Waals surface area contributed by atoms with Gasteiger partial charge < -0.3 is 18.9 Å². The molecule has 0 fully saturated rings. The number of esters is 1. The summed E-state index contributed by atoms with van der Waals surface area (Å²) in [5, 5.41) is 0. The fraction of sp³-hybridized carbons (Fsp3) is 0.348. The molecule has 2 aromatic carbocycles. The number of anilines is 1. The lowest BCUT2D eigenvalue weighted by molar-refractivity contribution is -0.163. The smallest absolute Gasteiger partial charge is 0.416 e. The maximum atomic E-state index is 13.2. The first kappa shape index (κ1) is 26.2. The SMILES string of the molecule is COC(=O)C(C)(C)OCC#Cc1cc(C(F)(F)F)ccc1NS(=O)(=O)c1ccc2c(c1)OCCO2. The Hall–Kier alpha value is -3.43. The number of methoxy groups -OCH3 is 1. The van der Waals surface area contributed by atoms with Gasteiger partial charge in [-0.2, -0.15) is 13.2 Å². The quantitative estimate of drug-likeness (QED) is 0.466. The molecule has 8 nitrogen and oxygen atoms in total. The van der Waals surface area contributed by atoms with E-state index in [1.807, 2.05) is 0 Å². The van der Waals surface area contributed by atoms with Crippen LogP contribution in [0.15, 0.2) is 41.3 Å². The van der Waals surface area contributed by atoms with Crippen molar-refractivity contribution in [3.63, 3.8) is 0 Å². The monoisotopic (exact) mass is 513 g/mol. The van der Waals surface area contributed by atoms with Gasteiger partial charge in [0.05, 0.1) is 23.3 Å². The van der Waals surface area contributed by atoms with Crippen molar-refractivity contribution in [1.82, 2.24) is 0 Å². The Kier molecular flexibility index (Phi) is 7.52. The number of halogens is 3. The van der Waals surface area contributed by atoms with Crippen molar-refractivity contribution in [2.45, 2.75) is 30.5 Å². The number of ether oxygens (including phenoxy) is 4. The third-order valence-electron chi connectivity index (χ3n) is 4.82. The number of alkyl halides is 3. The van der Waals surface area contributed by atoms with Crippen molar-refractivity contribution < 1.29 is 45.3 Å². The Labute approximate surface area is 200 Å². The van der Waals surface area contributed by atoms with Gasteiger partial charge in [0, 0.05) is 11.6 Å². The molecule has 1 aliphatic heterocycles. The molecule has 1 N–H and O–H groups in total. The summed E-state index contributed by atoms with van der Waals surface area (Å²) in [5.74, 6) is 4.94. The van der Waals surface area contributed by atoms with Crippen LogP contribution in [0.3, 0.4) is 0 Å². The summed E-state index contributed by atoms with van der Waals surface area (Å²) >= 11 is 0. The molecule has 2 aromatic rings. The number of nitrogens with one attached hydrogen (secondary N) is 1. The maximum absolute atomic E-state index is 13.2. The van der Waals surface area contributed by atoms with Crippen LogP contribution < -0.4 is 14.2 Å². The third-order valence-corrected chi connectivity index (χ3v) is 6.18. The summed E-state index contributed by atoms with van der Waals surface area (Å²) in [4.78, 5) is 11.5. The van der Waals surface area contributed by atoms with E-state index in [4.69, 9.17) is 14.2 Å². The van der Waals surface area contributed by atoms with E-state index in [1.165, 1.54) is 39.2 Å². The summed E-state index contributed by atoms with van der Waals surface area (Å²) in [5.41, 5.74) is -2.76. The van der Waals surface area contributed by atoms with Gasteiger partial charge >= 0.3 is 12.1 Å². The fourth-order valence-electron chi connectivity index (χ4n) is 2.96. The molecule has 0 atom stereocenters. The molecular formula is C23H22F3NO7S. The number of sulfonamides is 1. The van der Waals surface area contributed by atoms with E-state index in [9.17, 15) is 26.4 Å². The molecule has 0 aliphatic carbocycles. The van der Waals surface area contributed by atoms with Crippen molar-refractivity contribution in [3.8, 4) is 23.3 Å². The van der Waals surface area contributed by atoms with Crippen LogP contribution in [0.4, 0.5) is 18.9 Å². The minimum absolute atomic E-state index is 0.174. The van der Waals surface area contributed by atoms with Crippen LogP contribution in [0.1, 0.15) is 25.0 Å². The zero-order valence-electron chi connectivity index (χ0n) is 19.0. The molecule has 0 bridgehead atoms. The maximum Gasteiger partial charge on any atom is 0.416 e. The van der Waals surface area contributed by atoms with Gasteiger partial charge in [-0.1, -0.05) is 11.8 Å². The predicted molar refractivity (Wildman–Crippen MR) is 119 cm³/mol. The van der Waals surface area contributed by atoms with Crippen molar-refractivity contribution >= 4 is 21.7 Å². The standard InChI is InChI=1S/C23H22F3NO7S/c1-22(2,21(28)31-3)34-10-4-5-15-13-16(23(24,25)26)6-8-18(15)27-35(29,30)17-7-9-19-20(14-17)33-12-11-32-19/h6-9,13-14,27H,10-12H2,1-3H3. The first-order valence-electron chi connectivity index (χ1n) is 10.2. The molecule has 3 rings (SSSR count). The molecule has 35 heavy (non-hydrogen) atoms. The summed E-state index contributed by atoms with van der Waals surface area (Å²) < 4.78 is 88.6. The van der Waals surface area contributed by atoms with Gasteiger partial charge in [0.2, 0.25) is 0 Å². The van der Waals surface area contributed by atoms with E-state index in [1.54, 1.807) is 0 Å². The minimum atomic E-state index is -4.67. The van der Waals surface area contributed by atoms with E-state index in [-0.39, 0.29) is 35.1 Å². The number of hydrogen-bond donors (Lipinski definition) is 1. The van der Waals surface area contributed by atoms with Gasteiger partial charge in [-0.15, -0.1) is 0 Å². The zero-order valence-corrected chi connectivity index (χ0v) is 19.8. The Bertz CT molecular complexity index is 1280. The second kappa shape index (κ2) is 10.1. The lowest BCUT2D eigenvalue weighted by atomic mass is 10.1. The van der Waals surface area contributed by atoms with Crippen molar-refractivity contribution in [2.75, 3.05) is 31.7 Å². The molecule has 0 unspecified atom stereocenters. The van der Waals surface area contributed by atoms with E-state index < -0.39 is 33.3 Å². The molecule has 1 aliphatic rings. The van der Waals surface area contributed by atoms with Crippen LogP contribution in [0, 0.1) is 11.8 Å². The largest absolute Gasteiger partial charge is 0.486 e. The van der Waals surface area contributed by atoms with Gasteiger partial charge in [0.1, 0.15) is 19.8 Å². The first-order chi connectivity index (χ1) is 16.3.